The molecule has 0 saturated carbocycles. The highest BCUT2D eigenvalue weighted by molar-refractivity contribution is 14.1. The molecule has 4 heteroatoms. The summed E-state index contributed by atoms with van der Waals surface area (Å²) in [5.74, 6) is 1.42. The molecule has 2 rings (SSSR count). The number of rotatable bonds is 2. The van der Waals surface area contributed by atoms with Crippen molar-refractivity contribution < 1.29 is 4.74 Å². The number of ether oxygens (including phenoxy) is 1. The first-order chi connectivity index (χ1) is 8.06. The summed E-state index contributed by atoms with van der Waals surface area (Å²) in [6.07, 6.45) is 0. The van der Waals surface area contributed by atoms with E-state index in [2.05, 4.69) is 22.6 Å². The lowest BCUT2D eigenvalue weighted by Crippen LogP contribution is -1.91. The van der Waals surface area contributed by atoms with E-state index in [1.165, 1.54) is 0 Å². The van der Waals surface area contributed by atoms with Gasteiger partial charge in [-0.05, 0) is 65.4 Å². The molecule has 0 fully saturated rings. The van der Waals surface area contributed by atoms with Crippen LogP contribution in [0.4, 0.5) is 5.69 Å². The van der Waals surface area contributed by atoms with Crippen LogP contribution in [0.1, 0.15) is 5.56 Å². The minimum atomic E-state index is 0.600. The first kappa shape index (κ1) is 12.5. The summed E-state index contributed by atoms with van der Waals surface area (Å²) in [5, 5.41) is 0.600. The zero-order chi connectivity index (χ0) is 12.4. The minimum absolute atomic E-state index is 0.600. The SMILES string of the molecule is Cc1ccc(Cl)c(Oc2ccc(N)cc2I)c1. The molecule has 17 heavy (non-hydrogen) atoms. The molecule has 0 amide bonds. The third-order valence-electron chi connectivity index (χ3n) is 2.26. The van der Waals surface area contributed by atoms with Gasteiger partial charge in [0.1, 0.15) is 11.5 Å². The average molecular weight is 360 g/mol. The van der Waals surface area contributed by atoms with E-state index in [0.717, 1.165) is 20.6 Å². The zero-order valence-corrected chi connectivity index (χ0v) is 12.1. The van der Waals surface area contributed by atoms with Crippen molar-refractivity contribution in [1.82, 2.24) is 0 Å². The van der Waals surface area contributed by atoms with E-state index in [1.807, 2.05) is 37.3 Å². The monoisotopic (exact) mass is 359 g/mol. The summed E-state index contributed by atoms with van der Waals surface area (Å²) < 4.78 is 6.74. The Morgan fingerprint density at radius 1 is 1.12 bits per heavy atom. The van der Waals surface area contributed by atoms with Crippen molar-refractivity contribution >= 4 is 39.9 Å². The number of nitrogen functional groups attached to an aromatic ring is 1. The van der Waals surface area contributed by atoms with Crippen molar-refractivity contribution in [3.63, 3.8) is 0 Å². The third-order valence-corrected chi connectivity index (χ3v) is 3.42. The summed E-state index contributed by atoms with van der Waals surface area (Å²) >= 11 is 8.26. The van der Waals surface area contributed by atoms with Gasteiger partial charge in [0.05, 0.1) is 8.59 Å². The van der Waals surface area contributed by atoms with E-state index in [0.29, 0.717) is 10.8 Å². The van der Waals surface area contributed by atoms with E-state index >= 15 is 0 Å². The fourth-order valence-electron chi connectivity index (χ4n) is 1.41. The Bertz CT molecular complexity index is 557. The summed E-state index contributed by atoms with van der Waals surface area (Å²) in [6.45, 7) is 2.00. The lowest BCUT2D eigenvalue weighted by Gasteiger charge is -2.10. The number of benzene rings is 2. The molecule has 0 aliphatic rings. The van der Waals surface area contributed by atoms with Crippen molar-refractivity contribution in [2.45, 2.75) is 6.92 Å². The van der Waals surface area contributed by atoms with Gasteiger partial charge in [-0.3, -0.25) is 0 Å². The van der Waals surface area contributed by atoms with Gasteiger partial charge in [0, 0.05) is 5.69 Å². The Hall–Kier alpha value is -0.940. The maximum absolute atomic E-state index is 6.08. The maximum Gasteiger partial charge on any atom is 0.146 e. The molecule has 0 bridgehead atoms. The average Bonchev–Trinajstić information content (AvgIpc) is 2.27. The summed E-state index contributed by atoms with van der Waals surface area (Å²) in [6, 6.07) is 11.2. The topological polar surface area (TPSA) is 35.2 Å². The predicted molar refractivity (Wildman–Crippen MR) is 79.8 cm³/mol. The molecule has 2 N–H and O–H groups in total. The van der Waals surface area contributed by atoms with Gasteiger partial charge in [0.2, 0.25) is 0 Å². The van der Waals surface area contributed by atoms with Gasteiger partial charge >= 0.3 is 0 Å². The molecular formula is C13H11ClINO. The molecule has 88 valence electrons. The van der Waals surface area contributed by atoms with Crippen LogP contribution >= 0.6 is 34.2 Å². The number of hydrogen-bond acceptors (Lipinski definition) is 2. The second kappa shape index (κ2) is 5.14. The highest BCUT2D eigenvalue weighted by atomic mass is 127. The molecule has 0 saturated heterocycles. The number of nitrogens with two attached hydrogens (primary N) is 1. The van der Waals surface area contributed by atoms with Crippen molar-refractivity contribution in [1.29, 1.82) is 0 Å². The first-order valence-corrected chi connectivity index (χ1v) is 6.51. The zero-order valence-electron chi connectivity index (χ0n) is 9.21. The van der Waals surface area contributed by atoms with Crippen LogP contribution in [0, 0.1) is 10.5 Å². The lowest BCUT2D eigenvalue weighted by atomic mass is 10.2. The molecule has 0 aliphatic heterocycles. The third kappa shape index (κ3) is 3.04. The van der Waals surface area contributed by atoms with Gasteiger partial charge in [-0.25, -0.2) is 0 Å². The van der Waals surface area contributed by atoms with Gasteiger partial charge in [0.15, 0.2) is 0 Å². The van der Waals surface area contributed by atoms with Crippen LogP contribution in [0.2, 0.25) is 5.02 Å². The molecule has 0 radical (unpaired) electrons. The summed E-state index contributed by atoms with van der Waals surface area (Å²) in [5.41, 5.74) is 7.51. The smallest absolute Gasteiger partial charge is 0.146 e. The van der Waals surface area contributed by atoms with E-state index in [9.17, 15) is 0 Å². The highest BCUT2D eigenvalue weighted by Crippen LogP contribution is 2.33. The molecule has 2 aromatic rings. The Labute approximate surface area is 119 Å². The van der Waals surface area contributed by atoms with Crippen LogP contribution in [0.5, 0.6) is 11.5 Å². The number of aryl methyl sites for hydroxylation is 1. The molecule has 0 aliphatic carbocycles. The fraction of sp³-hybridized carbons (Fsp3) is 0.0769. The lowest BCUT2D eigenvalue weighted by molar-refractivity contribution is 0.479. The van der Waals surface area contributed by atoms with Crippen LogP contribution in [-0.4, -0.2) is 0 Å². The molecule has 0 atom stereocenters. The van der Waals surface area contributed by atoms with Gasteiger partial charge in [-0.2, -0.15) is 0 Å². The molecule has 2 nitrogen and oxygen atoms in total. The molecule has 0 heterocycles. The van der Waals surface area contributed by atoms with Crippen molar-refractivity contribution in [3.05, 3.63) is 50.6 Å². The second-order valence-electron chi connectivity index (χ2n) is 3.73. The van der Waals surface area contributed by atoms with Crippen LogP contribution in [0.3, 0.4) is 0 Å². The van der Waals surface area contributed by atoms with Gasteiger partial charge in [0.25, 0.3) is 0 Å². The quantitative estimate of drug-likeness (QED) is 0.627. The number of anilines is 1. The van der Waals surface area contributed by atoms with Crippen molar-refractivity contribution in [2.75, 3.05) is 5.73 Å². The predicted octanol–water partition coefficient (Wildman–Crippen LogP) is 4.63. The van der Waals surface area contributed by atoms with Gasteiger partial charge in [-0.15, -0.1) is 0 Å². The highest BCUT2D eigenvalue weighted by Gasteiger charge is 2.06. The van der Waals surface area contributed by atoms with Gasteiger partial charge in [-0.1, -0.05) is 17.7 Å². The second-order valence-corrected chi connectivity index (χ2v) is 5.30. The molecule has 2 aromatic carbocycles. The van der Waals surface area contributed by atoms with Crippen LogP contribution < -0.4 is 10.5 Å². The van der Waals surface area contributed by atoms with E-state index in [-0.39, 0.29) is 0 Å². The Morgan fingerprint density at radius 3 is 2.59 bits per heavy atom. The summed E-state index contributed by atoms with van der Waals surface area (Å²) in [4.78, 5) is 0. The van der Waals surface area contributed by atoms with E-state index in [4.69, 9.17) is 22.1 Å². The largest absolute Gasteiger partial charge is 0.455 e. The van der Waals surface area contributed by atoms with Crippen LogP contribution in [0.15, 0.2) is 36.4 Å². The van der Waals surface area contributed by atoms with Crippen LogP contribution in [0.25, 0.3) is 0 Å². The Kier molecular flexibility index (Phi) is 3.79. The molecule has 0 aromatic heterocycles. The van der Waals surface area contributed by atoms with Crippen molar-refractivity contribution in [3.8, 4) is 11.5 Å². The van der Waals surface area contributed by atoms with Crippen LogP contribution in [-0.2, 0) is 0 Å². The Morgan fingerprint density at radius 2 is 1.88 bits per heavy atom. The number of hydrogen-bond donors (Lipinski definition) is 1. The summed E-state index contributed by atoms with van der Waals surface area (Å²) in [7, 11) is 0. The fourth-order valence-corrected chi connectivity index (χ4v) is 2.21. The van der Waals surface area contributed by atoms with E-state index in [1.54, 1.807) is 6.07 Å². The van der Waals surface area contributed by atoms with E-state index < -0.39 is 0 Å². The van der Waals surface area contributed by atoms with Gasteiger partial charge < -0.3 is 10.5 Å². The standard InChI is InChI=1S/C13H11ClINO/c1-8-2-4-10(14)13(6-8)17-12-5-3-9(16)7-11(12)15/h2-7H,16H2,1H3. The minimum Gasteiger partial charge on any atom is -0.455 e. The van der Waals surface area contributed by atoms with Crippen molar-refractivity contribution in [2.24, 2.45) is 0 Å². The molecule has 0 unspecified atom stereocenters. The maximum atomic E-state index is 6.08. The molecule has 0 spiro atoms. The number of halogens is 2. The first-order valence-electron chi connectivity index (χ1n) is 5.05. The Balaban J connectivity index is 2.34. The normalized spacial score (nSPS) is 10.3. The molecular weight excluding hydrogens is 349 g/mol.